The highest BCUT2D eigenvalue weighted by Crippen LogP contribution is 2.17. The predicted octanol–water partition coefficient (Wildman–Crippen LogP) is 23.2. The van der Waals surface area contributed by atoms with Crippen LogP contribution in [0.3, 0.4) is 0 Å². The van der Waals surface area contributed by atoms with E-state index >= 15 is 0 Å². The highest BCUT2D eigenvalue weighted by Gasteiger charge is 2.19. The van der Waals surface area contributed by atoms with E-state index in [1.54, 1.807) is 0 Å². The van der Waals surface area contributed by atoms with Crippen molar-refractivity contribution in [2.24, 2.45) is 0 Å². The lowest BCUT2D eigenvalue weighted by Gasteiger charge is -2.18. The quantitative estimate of drug-likeness (QED) is 0.0261. The number of hydrogen-bond acceptors (Lipinski definition) is 6. The van der Waals surface area contributed by atoms with Gasteiger partial charge in [-0.2, -0.15) is 0 Å². The Labute approximate surface area is 489 Å². The second kappa shape index (κ2) is 66.8. The third-order valence-electron chi connectivity index (χ3n) is 14.6. The van der Waals surface area contributed by atoms with Crippen molar-refractivity contribution in [2.75, 3.05) is 13.2 Å². The van der Waals surface area contributed by atoms with Crippen LogP contribution in [0.25, 0.3) is 0 Å². The van der Waals surface area contributed by atoms with Gasteiger partial charge in [0.2, 0.25) is 0 Å². The molecule has 0 spiro atoms. The molecule has 0 saturated carbocycles. The second-order valence-corrected chi connectivity index (χ2v) is 22.4. The van der Waals surface area contributed by atoms with Crippen molar-refractivity contribution in [1.29, 1.82) is 0 Å². The molecule has 6 nitrogen and oxygen atoms in total. The largest absolute Gasteiger partial charge is 0.462 e. The Balaban J connectivity index is 4.43. The number of unbranched alkanes of at least 4 members (excludes halogenated alkanes) is 34. The number of carbonyl (C=O) groups excluding carboxylic acids is 3. The molecule has 79 heavy (non-hydrogen) atoms. The fourth-order valence-electron chi connectivity index (χ4n) is 9.54. The summed E-state index contributed by atoms with van der Waals surface area (Å²) in [4.78, 5) is 38.4. The molecule has 0 saturated heterocycles. The maximum Gasteiger partial charge on any atom is 0.306 e. The SMILES string of the molecule is CC/C=C\C/C=C\C/C=C\C/C=C\C/C=C\C/C=C\CCCCCCC(=O)OCC(COC(=O)CCCCCCCCCCCCCCCCCCC)OC(=O)CCCCCCCCCCC/C=C\C/C=C\CCCCCCC. The number of carbonyl (C=O) groups is 3. The fourth-order valence-corrected chi connectivity index (χ4v) is 9.54. The zero-order valence-electron chi connectivity index (χ0n) is 52.1. The molecule has 0 aromatic heterocycles. The Morgan fingerprint density at radius 1 is 0.266 bits per heavy atom. The van der Waals surface area contributed by atoms with Crippen LogP contribution in [0.2, 0.25) is 0 Å². The van der Waals surface area contributed by atoms with Crippen molar-refractivity contribution in [2.45, 2.75) is 335 Å². The lowest BCUT2D eigenvalue weighted by atomic mass is 10.0. The highest BCUT2D eigenvalue weighted by molar-refractivity contribution is 5.71. The molecule has 0 aliphatic heterocycles. The van der Waals surface area contributed by atoms with Crippen LogP contribution in [-0.2, 0) is 28.6 Å². The summed E-state index contributed by atoms with van der Waals surface area (Å²) in [5, 5.41) is 0. The van der Waals surface area contributed by atoms with Crippen LogP contribution >= 0.6 is 0 Å². The molecule has 0 bridgehead atoms. The van der Waals surface area contributed by atoms with E-state index in [4.69, 9.17) is 14.2 Å². The van der Waals surface area contributed by atoms with Gasteiger partial charge < -0.3 is 14.2 Å². The summed E-state index contributed by atoms with van der Waals surface area (Å²) in [7, 11) is 0. The smallest absolute Gasteiger partial charge is 0.306 e. The number of esters is 3. The van der Waals surface area contributed by atoms with E-state index in [1.807, 2.05) is 0 Å². The van der Waals surface area contributed by atoms with Crippen molar-refractivity contribution in [1.82, 2.24) is 0 Å². The zero-order valence-corrected chi connectivity index (χ0v) is 52.1. The molecule has 0 radical (unpaired) electrons. The molecule has 0 N–H and O–H groups in total. The van der Waals surface area contributed by atoms with Gasteiger partial charge in [-0.1, -0.05) is 304 Å². The van der Waals surface area contributed by atoms with Gasteiger partial charge in [-0.05, 0) is 103 Å². The first-order chi connectivity index (χ1) is 39.0. The molecule has 0 aliphatic carbocycles. The molecule has 454 valence electrons. The van der Waals surface area contributed by atoms with Crippen LogP contribution in [0.5, 0.6) is 0 Å². The predicted molar refractivity (Wildman–Crippen MR) is 344 cm³/mol. The number of ether oxygens (including phenoxy) is 3. The van der Waals surface area contributed by atoms with Crippen LogP contribution in [0.15, 0.2) is 97.2 Å². The molecule has 0 aliphatic rings. The standard InChI is InChI=1S/C73H126O6/c1-4-7-10-13-16-19-22-25-28-31-33-35-36-38-39-42-45-48-51-54-57-60-63-66-72(75)78-69-70(68-77-71(74)65-62-59-56-53-50-47-44-41-30-27-24-21-18-15-12-9-6-3)79-73(76)67-64-61-58-55-52-49-46-43-40-37-34-32-29-26-23-20-17-14-11-8-5-2/h7,10,16,19,23,25-26,28,32-35,38-39,45,48,70H,4-6,8-9,11-15,17-18,20-22,24,27,29-31,36-37,40-44,46-47,49-69H2,1-3H3/b10-7-,19-16-,26-23-,28-25-,34-32-,35-33-,39-38-,48-45-. The molecule has 0 aromatic rings. The molecule has 0 fully saturated rings. The average Bonchev–Trinajstić information content (AvgIpc) is 3.45. The van der Waals surface area contributed by atoms with Crippen molar-refractivity contribution in [3.63, 3.8) is 0 Å². The Bertz CT molecular complexity index is 1540. The van der Waals surface area contributed by atoms with Crippen LogP contribution in [0.1, 0.15) is 329 Å². The average molecular weight is 1100 g/mol. The Hall–Kier alpha value is -3.67. The molecule has 0 heterocycles. The normalized spacial score (nSPS) is 12.7. The Morgan fingerprint density at radius 3 is 0.772 bits per heavy atom. The number of allylic oxidation sites excluding steroid dienone is 16. The van der Waals surface area contributed by atoms with Crippen LogP contribution in [0, 0.1) is 0 Å². The van der Waals surface area contributed by atoms with Crippen LogP contribution < -0.4 is 0 Å². The van der Waals surface area contributed by atoms with E-state index in [2.05, 4.69) is 118 Å². The minimum atomic E-state index is -0.792. The molecule has 0 rings (SSSR count). The topological polar surface area (TPSA) is 78.9 Å². The highest BCUT2D eigenvalue weighted by atomic mass is 16.6. The van der Waals surface area contributed by atoms with E-state index in [9.17, 15) is 14.4 Å². The summed E-state index contributed by atoms with van der Waals surface area (Å²) < 4.78 is 17.0. The van der Waals surface area contributed by atoms with Gasteiger partial charge in [-0.15, -0.1) is 0 Å². The molecular weight excluding hydrogens is 973 g/mol. The summed E-state index contributed by atoms with van der Waals surface area (Å²) in [5.74, 6) is -0.900. The van der Waals surface area contributed by atoms with Crippen molar-refractivity contribution in [3.05, 3.63) is 97.2 Å². The third-order valence-corrected chi connectivity index (χ3v) is 14.6. The monoisotopic (exact) mass is 1100 g/mol. The first-order valence-electron chi connectivity index (χ1n) is 33.7. The van der Waals surface area contributed by atoms with Crippen molar-refractivity contribution in [3.8, 4) is 0 Å². The summed E-state index contributed by atoms with van der Waals surface area (Å²) in [5.41, 5.74) is 0. The molecule has 0 aromatic carbocycles. The third kappa shape index (κ3) is 65.0. The van der Waals surface area contributed by atoms with Gasteiger partial charge in [-0.3, -0.25) is 14.4 Å². The Morgan fingerprint density at radius 2 is 0.494 bits per heavy atom. The van der Waals surface area contributed by atoms with Crippen LogP contribution in [-0.4, -0.2) is 37.2 Å². The minimum absolute atomic E-state index is 0.0850. The molecule has 1 atom stereocenters. The number of hydrogen-bond donors (Lipinski definition) is 0. The van der Waals surface area contributed by atoms with Gasteiger partial charge in [-0.25, -0.2) is 0 Å². The summed E-state index contributed by atoms with van der Waals surface area (Å²) >= 11 is 0. The summed E-state index contributed by atoms with van der Waals surface area (Å²) in [6.45, 7) is 6.53. The summed E-state index contributed by atoms with van der Waals surface area (Å²) in [6, 6.07) is 0. The number of rotatable bonds is 61. The van der Waals surface area contributed by atoms with Gasteiger partial charge in [0, 0.05) is 19.3 Å². The van der Waals surface area contributed by atoms with E-state index < -0.39 is 6.10 Å². The molecule has 6 heteroatoms. The van der Waals surface area contributed by atoms with Crippen molar-refractivity contribution >= 4 is 17.9 Å². The molecule has 1 unspecified atom stereocenters. The lowest BCUT2D eigenvalue weighted by Crippen LogP contribution is -2.30. The van der Waals surface area contributed by atoms with E-state index in [-0.39, 0.29) is 31.1 Å². The van der Waals surface area contributed by atoms with Gasteiger partial charge in [0.05, 0.1) is 0 Å². The van der Waals surface area contributed by atoms with Crippen LogP contribution in [0.4, 0.5) is 0 Å². The maximum absolute atomic E-state index is 12.9. The first-order valence-corrected chi connectivity index (χ1v) is 33.7. The van der Waals surface area contributed by atoms with Gasteiger partial charge in [0.25, 0.3) is 0 Å². The summed E-state index contributed by atoms with van der Waals surface area (Å²) in [6.07, 6.45) is 89.8. The van der Waals surface area contributed by atoms with Gasteiger partial charge in [0.1, 0.15) is 13.2 Å². The van der Waals surface area contributed by atoms with E-state index in [0.717, 1.165) is 116 Å². The fraction of sp³-hybridized carbons (Fsp3) is 0.740. The molecular formula is C73H126O6. The minimum Gasteiger partial charge on any atom is -0.462 e. The maximum atomic E-state index is 12.9. The zero-order chi connectivity index (χ0) is 57.1. The Kier molecular flexibility index (Phi) is 63.7. The lowest BCUT2D eigenvalue weighted by molar-refractivity contribution is -0.167. The molecule has 0 amide bonds. The second-order valence-electron chi connectivity index (χ2n) is 22.4. The first kappa shape index (κ1) is 75.3. The van der Waals surface area contributed by atoms with E-state index in [0.29, 0.717) is 19.3 Å². The van der Waals surface area contributed by atoms with Crippen molar-refractivity contribution < 1.29 is 28.6 Å². The van der Waals surface area contributed by atoms with Gasteiger partial charge >= 0.3 is 17.9 Å². The van der Waals surface area contributed by atoms with E-state index in [1.165, 1.54) is 173 Å². The van der Waals surface area contributed by atoms with Gasteiger partial charge in [0.15, 0.2) is 6.10 Å².